The second-order valence-electron chi connectivity index (χ2n) is 6.19. The Kier molecular flexibility index (Phi) is 7.55. The summed E-state index contributed by atoms with van der Waals surface area (Å²) in [6.45, 7) is 3.48. The largest absolute Gasteiger partial charge is 0.484 e. The molecule has 0 bridgehead atoms. The Hall–Kier alpha value is -2.19. The second kappa shape index (κ2) is 9.66. The highest BCUT2D eigenvalue weighted by molar-refractivity contribution is 6.30. The zero-order valence-electron chi connectivity index (χ0n) is 14.6. The SMILES string of the molecule is C=C(CCNC(=O)COC1CC(F)(F)C1)NC(=O)COc1ccc(Cl)cc1. The van der Waals surface area contributed by atoms with E-state index in [1.807, 2.05) is 0 Å². The summed E-state index contributed by atoms with van der Waals surface area (Å²) < 4.78 is 35.6. The van der Waals surface area contributed by atoms with Crippen molar-refractivity contribution >= 4 is 23.4 Å². The quantitative estimate of drug-likeness (QED) is 0.631. The highest BCUT2D eigenvalue weighted by atomic mass is 35.5. The minimum atomic E-state index is -2.67. The van der Waals surface area contributed by atoms with E-state index in [0.717, 1.165) is 0 Å². The number of alkyl halides is 2. The molecule has 0 saturated heterocycles. The summed E-state index contributed by atoms with van der Waals surface area (Å²) in [7, 11) is 0. The standard InChI is InChI=1S/C18H21ClF2N2O4/c1-12(23-17(25)11-26-14-4-2-13(19)3-5-14)6-7-22-16(24)10-27-15-8-18(20,21)9-15/h2-5,15H,1,6-11H2,(H,22,24)(H,23,25). The van der Waals surface area contributed by atoms with E-state index in [1.54, 1.807) is 24.3 Å². The summed E-state index contributed by atoms with van der Waals surface area (Å²) in [6, 6.07) is 6.59. The maximum atomic E-state index is 12.6. The number of nitrogens with one attached hydrogen (secondary N) is 2. The van der Waals surface area contributed by atoms with Crippen molar-refractivity contribution in [1.82, 2.24) is 10.6 Å². The van der Waals surface area contributed by atoms with E-state index in [9.17, 15) is 18.4 Å². The van der Waals surface area contributed by atoms with Crippen LogP contribution < -0.4 is 15.4 Å². The molecule has 148 valence electrons. The Morgan fingerprint density at radius 2 is 1.85 bits per heavy atom. The first-order chi connectivity index (χ1) is 12.7. The average molecular weight is 403 g/mol. The summed E-state index contributed by atoms with van der Waals surface area (Å²) >= 11 is 5.76. The predicted molar refractivity (Wildman–Crippen MR) is 95.8 cm³/mol. The van der Waals surface area contributed by atoms with Crippen LogP contribution in [-0.4, -0.2) is 43.6 Å². The van der Waals surface area contributed by atoms with Crippen molar-refractivity contribution in [1.29, 1.82) is 0 Å². The number of amides is 2. The van der Waals surface area contributed by atoms with E-state index in [2.05, 4.69) is 17.2 Å². The van der Waals surface area contributed by atoms with Crippen LogP contribution in [0, 0.1) is 0 Å². The monoisotopic (exact) mass is 402 g/mol. The summed E-state index contributed by atoms with van der Waals surface area (Å²) in [5, 5.41) is 5.70. The fourth-order valence-electron chi connectivity index (χ4n) is 2.30. The molecule has 0 unspecified atom stereocenters. The van der Waals surface area contributed by atoms with Crippen molar-refractivity contribution < 1.29 is 27.8 Å². The highest BCUT2D eigenvalue weighted by Gasteiger charge is 2.46. The Morgan fingerprint density at radius 1 is 1.19 bits per heavy atom. The topological polar surface area (TPSA) is 76.7 Å². The molecule has 0 aliphatic heterocycles. The zero-order chi connectivity index (χ0) is 19.9. The molecule has 9 heteroatoms. The number of carbonyl (C=O) groups is 2. The highest BCUT2D eigenvalue weighted by Crippen LogP contribution is 2.39. The summed E-state index contributed by atoms with van der Waals surface area (Å²) in [6.07, 6.45) is -0.942. The van der Waals surface area contributed by atoms with Gasteiger partial charge >= 0.3 is 0 Å². The van der Waals surface area contributed by atoms with Gasteiger partial charge in [-0.1, -0.05) is 18.2 Å². The van der Waals surface area contributed by atoms with Gasteiger partial charge in [-0.25, -0.2) is 8.78 Å². The molecule has 0 atom stereocenters. The fourth-order valence-corrected chi connectivity index (χ4v) is 2.42. The van der Waals surface area contributed by atoms with Crippen LogP contribution in [0.3, 0.4) is 0 Å². The van der Waals surface area contributed by atoms with Gasteiger partial charge in [0, 0.05) is 36.5 Å². The van der Waals surface area contributed by atoms with Crippen LogP contribution in [0.5, 0.6) is 5.75 Å². The molecule has 6 nitrogen and oxygen atoms in total. The smallest absolute Gasteiger partial charge is 0.262 e. The first-order valence-electron chi connectivity index (χ1n) is 8.36. The van der Waals surface area contributed by atoms with Gasteiger partial charge in [0.15, 0.2) is 6.61 Å². The fraction of sp³-hybridized carbons (Fsp3) is 0.444. The zero-order valence-corrected chi connectivity index (χ0v) is 15.4. The summed E-state index contributed by atoms with van der Waals surface area (Å²) in [5.74, 6) is -2.95. The van der Waals surface area contributed by atoms with Crippen molar-refractivity contribution in [3.05, 3.63) is 41.6 Å². The number of carbonyl (C=O) groups excluding carboxylic acids is 2. The van der Waals surface area contributed by atoms with Crippen LogP contribution in [0.25, 0.3) is 0 Å². The molecule has 0 spiro atoms. The van der Waals surface area contributed by atoms with Crippen LogP contribution in [-0.2, 0) is 14.3 Å². The van der Waals surface area contributed by atoms with E-state index in [4.69, 9.17) is 21.1 Å². The first kappa shape index (κ1) is 21.1. The number of ether oxygens (including phenoxy) is 2. The predicted octanol–water partition coefficient (Wildman–Crippen LogP) is 2.67. The molecular formula is C18H21ClF2N2O4. The van der Waals surface area contributed by atoms with Gasteiger partial charge in [-0.3, -0.25) is 9.59 Å². The molecule has 2 N–H and O–H groups in total. The molecule has 0 radical (unpaired) electrons. The molecule has 1 aromatic carbocycles. The Morgan fingerprint density at radius 3 is 2.48 bits per heavy atom. The maximum absolute atomic E-state index is 12.6. The van der Waals surface area contributed by atoms with Gasteiger partial charge in [0.2, 0.25) is 5.91 Å². The summed E-state index contributed by atoms with van der Waals surface area (Å²) in [5.41, 5.74) is 0.416. The molecule has 1 aliphatic carbocycles. The minimum Gasteiger partial charge on any atom is -0.484 e. The average Bonchev–Trinajstić information content (AvgIpc) is 2.57. The van der Waals surface area contributed by atoms with E-state index in [-0.39, 0.29) is 38.5 Å². The number of hydrogen-bond acceptors (Lipinski definition) is 4. The van der Waals surface area contributed by atoms with Gasteiger partial charge in [-0.2, -0.15) is 0 Å². The van der Waals surface area contributed by atoms with Crippen LogP contribution in [0.15, 0.2) is 36.5 Å². The summed E-state index contributed by atoms with van der Waals surface area (Å²) in [4.78, 5) is 23.3. The van der Waals surface area contributed by atoms with Crippen LogP contribution in [0.1, 0.15) is 19.3 Å². The van der Waals surface area contributed by atoms with Gasteiger partial charge in [-0.15, -0.1) is 0 Å². The van der Waals surface area contributed by atoms with E-state index < -0.39 is 17.9 Å². The van der Waals surface area contributed by atoms with Crippen LogP contribution >= 0.6 is 11.6 Å². The lowest BCUT2D eigenvalue weighted by Gasteiger charge is -2.34. The normalized spacial score (nSPS) is 15.5. The minimum absolute atomic E-state index is 0.188. The number of rotatable bonds is 10. The van der Waals surface area contributed by atoms with Gasteiger partial charge in [0.05, 0.1) is 6.10 Å². The molecule has 1 saturated carbocycles. The first-order valence-corrected chi connectivity index (χ1v) is 8.73. The Bertz CT molecular complexity index is 674. The Balaban J connectivity index is 1.52. The molecule has 1 fully saturated rings. The lowest BCUT2D eigenvalue weighted by molar-refractivity contribution is -0.170. The van der Waals surface area contributed by atoms with Gasteiger partial charge < -0.3 is 20.1 Å². The third-order valence-corrected chi connectivity index (χ3v) is 4.00. The molecule has 2 rings (SSSR count). The van der Waals surface area contributed by atoms with Crippen LogP contribution in [0.4, 0.5) is 8.78 Å². The van der Waals surface area contributed by atoms with Crippen LogP contribution in [0.2, 0.25) is 5.02 Å². The van der Waals surface area contributed by atoms with Crippen molar-refractivity contribution in [2.75, 3.05) is 19.8 Å². The molecule has 1 aliphatic rings. The van der Waals surface area contributed by atoms with Crippen molar-refractivity contribution in [3.8, 4) is 5.75 Å². The molecular weight excluding hydrogens is 382 g/mol. The molecule has 27 heavy (non-hydrogen) atoms. The number of hydrogen-bond donors (Lipinski definition) is 2. The second-order valence-corrected chi connectivity index (χ2v) is 6.63. The lowest BCUT2D eigenvalue weighted by atomic mass is 9.91. The van der Waals surface area contributed by atoms with Crippen molar-refractivity contribution in [2.45, 2.75) is 31.3 Å². The third kappa shape index (κ3) is 7.92. The third-order valence-electron chi connectivity index (χ3n) is 3.75. The molecule has 0 heterocycles. The maximum Gasteiger partial charge on any atom is 0.262 e. The van der Waals surface area contributed by atoms with Gasteiger partial charge in [0.25, 0.3) is 11.8 Å². The van der Waals surface area contributed by atoms with Crippen molar-refractivity contribution in [3.63, 3.8) is 0 Å². The van der Waals surface area contributed by atoms with E-state index in [0.29, 0.717) is 22.9 Å². The van der Waals surface area contributed by atoms with E-state index >= 15 is 0 Å². The molecule has 1 aromatic rings. The Labute approximate surface area is 160 Å². The molecule has 0 aromatic heterocycles. The number of benzene rings is 1. The van der Waals surface area contributed by atoms with Gasteiger partial charge in [0.1, 0.15) is 12.4 Å². The van der Waals surface area contributed by atoms with Crippen molar-refractivity contribution in [2.24, 2.45) is 0 Å². The van der Waals surface area contributed by atoms with Gasteiger partial charge in [-0.05, 0) is 24.3 Å². The van der Waals surface area contributed by atoms with E-state index in [1.165, 1.54) is 0 Å². The number of halogens is 3. The lowest BCUT2D eigenvalue weighted by Crippen LogP contribution is -2.43. The molecule has 2 amide bonds.